The summed E-state index contributed by atoms with van der Waals surface area (Å²) in [5, 5.41) is 2.07. The monoisotopic (exact) mass is 259 g/mol. The molecular weight excluding hydrogens is 249 g/mol. The maximum atomic E-state index is 13.1. The number of nitrogens with one attached hydrogen (secondary N) is 1. The van der Waals surface area contributed by atoms with Crippen LogP contribution in [0.15, 0.2) is 16.9 Å². The van der Waals surface area contributed by atoms with Crippen LogP contribution in [-0.2, 0) is 0 Å². The maximum Gasteiger partial charge on any atom is 0.158 e. The molecule has 1 saturated heterocycles. The topological polar surface area (TPSA) is 28.2 Å². The van der Waals surface area contributed by atoms with E-state index in [0.29, 0.717) is 5.69 Å². The van der Waals surface area contributed by atoms with Crippen LogP contribution < -0.4 is 5.43 Å². The Morgan fingerprint density at radius 3 is 2.79 bits per heavy atom. The smallest absolute Gasteiger partial charge is 0.158 e. The molecule has 0 saturated carbocycles. The SMILES string of the molecule is Fc1cc(NN2CCCC2)cnc1Br. The Hall–Kier alpha value is -0.680. The summed E-state index contributed by atoms with van der Waals surface area (Å²) in [6.45, 7) is 2.02. The van der Waals surface area contributed by atoms with Crippen LogP contribution >= 0.6 is 15.9 Å². The van der Waals surface area contributed by atoms with Gasteiger partial charge in [0.2, 0.25) is 0 Å². The number of aromatic nitrogens is 1. The molecule has 1 aliphatic heterocycles. The molecule has 0 unspecified atom stereocenters. The quantitative estimate of drug-likeness (QED) is 0.827. The summed E-state index contributed by atoms with van der Waals surface area (Å²) < 4.78 is 13.3. The van der Waals surface area contributed by atoms with E-state index < -0.39 is 0 Å². The molecule has 0 aliphatic carbocycles. The highest BCUT2D eigenvalue weighted by Gasteiger charge is 2.11. The molecule has 0 bridgehead atoms. The van der Waals surface area contributed by atoms with E-state index in [-0.39, 0.29) is 10.4 Å². The van der Waals surface area contributed by atoms with Crippen molar-refractivity contribution >= 4 is 21.6 Å². The highest BCUT2D eigenvalue weighted by Crippen LogP contribution is 2.17. The minimum absolute atomic E-state index is 0.254. The molecule has 3 nitrogen and oxygen atoms in total. The van der Waals surface area contributed by atoms with Crippen molar-refractivity contribution in [3.8, 4) is 0 Å². The third-order valence-corrected chi connectivity index (χ3v) is 2.77. The first-order valence-electron chi connectivity index (χ1n) is 4.58. The third kappa shape index (κ3) is 2.22. The van der Waals surface area contributed by atoms with Crippen molar-refractivity contribution in [2.24, 2.45) is 0 Å². The summed E-state index contributed by atoms with van der Waals surface area (Å²) in [5.41, 5.74) is 3.82. The lowest BCUT2D eigenvalue weighted by Crippen LogP contribution is -2.26. The van der Waals surface area contributed by atoms with Gasteiger partial charge in [0.15, 0.2) is 5.82 Å². The van der Waals surface area contributed by atoms with Gasteiger partial charge in [-0.25, -0.2) is 14.4 Å². The van der Waals surface area contributed by atoms with Gasteiger partial charge >= 0.3 is 0 Å². The Morgan fingerprint density at radius 1 is 1.43 bits per heavy atom. The zero-order valence-corrected chi connectivity index (χ0v) is 9.22. The van der Waals surface area contributed by atoms with Crippen molar-refractivity contribution in [1.82, 2.24) is 9.99 Å². The Balaban J connectivity index is 2.05. The average molecular weight is 260 g/mol. The standard InChI is InChI=1S/C9H11BrFN3/c10-9-8(11)5-7(6-12-9)13-14-3-1-2-4-14/h5-6,13H,1-4H2. The minimum atomic E-state index is -0.339. The number of pyridine rings is 1. The second-order valence-electron chi connectivity index (χ2n) is 3.30. The van der Waals surface area contributed by atoms with E-state index in [2.05, 4.69) is 31.3 Å². The largest absolute Gasteiger partial charge is 0.317 e. The fourth-order valence-electron chi connectivity index (χ4n) is 1.49. The molecule has 14 heavy (non-hydrogen) atoms. The second kappa shape index (κ2) is 4.23. The molecule has 1 aliphatic rings. The summed E-state index contributed by atoms with van der Waals surface area (Å²) in [5.74, 6) is -0.339. The zero-order chi connectivity index (χ0) is 9.97. The van der Waals surface area contributed by atoms with E-state index in [1.807, 2.05) is 0 Å². The van der Waals surface area contributed by atoms with Crippen LogP contribution in [0.3, 0.4) is 0 Å². The van der Waals surface area contributed by atoms with Crippen molar-refractivity contribution in [1.29, 1.82) is 0 Å². The predicted molar refractivity (Wildman–Crippen MR) is 56.3 cm³/mol. The van der Waals surface area contributed by atoms with E-state index in [1.165, 1.54) is 18.9 Å². The molecule has 2 heterocycles. The molecule has 0 radical (unpaired) electrons. The van der Waals surface area contributed by atoms with E-state index in [0.717, 1.165) is 13.1 Å². The number of rotatable bonds is 2. The highest BCUT2D eigenvalue weighted by molar-refractivity contribution is 9.10. The second-order valence-corrected chi connectivity index (χ2v) is 4.05. The molecule has 1 fully saturated rings. The van der Waals surface area contributed by atoms with Crippen LogP contribution in [-0.4, -0.2) is 23.1 Å². The fourth-order valence-corrected chi connectivity index (χ4v) is 1.71. The van der Waals surface area contributed by atoms with Gasteiger partial charge in [-0.15, -0.1) is 0 Å². The average Bonchev–Trinajstić information content (AvgIpc) is 2.64. The van der Waals surface area contributed by atoms with Crippen molar-refractivity contribution in [2.45, 2.75) is 12.8 Å². The molecular formula is C9H11BrFN3. The van der Waals surface area contributed by atoms with Gasteiger partial charge in [0.05, 0.1) is 11.9 Å². The van der Waals surface area contributed by atoms with Crippen LogP contribution in [0.4, 0.5) is 10.1 Å². The highest BCUT2D eigenvalue weighted by atomic mass is 79.9. The third-order valence-electron chi connectivity index (χ3n) is 2.19. The summed E-state index contributed by atoms with van der Waals surface area (Å²) in [6, 6.07) is 1.44. The molecule has 2 rings (SSSR count). The number of hydrogen-bond acceptors (Lipinski definition) is 3. The van der Waals surface area contributed by atoms with Gasteiger partial charge in [0.1, 0.15) is 4.60 Å². The Labute approximate surface area is 90.4 Å². The van der Waals surface area contributed by atoms with Gasteiger partial charge in [-0.3, -0.25) is 0 Å². The Morgan fingerprint density at radius 2 is 2.14 bits per heavy atom. The minimum Gasteiger partial charge on any atom is -0.317 e. The van der Waals surface area contributed by atoms with Crippen molar-refractivity contribution < 1.29 is 4.39 Å². The van der Waals surface area contributed by atoms with E-state index in [1.54, 1.807) is 6.20 Å². The summed E-state index contributed by atoms with van der Waals surface area (Å²) in [6.07, 6.45) is 4.00. The van der Waals surface area contributed by atoms with Crippen molar-refractivity contribution in [3.63, 3.8) is 0 Å². The predicted octanol–water partition coefficient (Wildman–Crippen LogP) is 2.41. The molecule has 0 atom stereocenters. The van der Waals surface area contributed by atoms with Crippen LogP contribution in [0.2, 0.25) is 0 Å². The molecule has 0 aromatic carbocycles. The summed E-state index contributed by atoms with van der Waals surface area (Å²) in [4.78, 5) is 3.87. The zero-order valence-electron chi connectivity index (χ0n) is 7.63. The van der Waals surface area contributed by atoms with Gasteiger partial charge in [-0.05, 0) is 28.8 Å². The molecule has 1 aromatic heterocycles. The number of anilines is 1. The summed E-state index contributed by atoms with van der Waals surface area (Å²) in [7, 11) is 0. The lowest BCUT2D eigenvalue weighted by Gasteiger charge is -2.17. The van der Waals surface area contributed by atoms with Gasteiger partial charge in [0.25, 0.3) is 0 Å². The van der Waals surface area contributed by atoms with Gasteiger partial charge in [-0.1, -0.05) is 0 Å². The lowest BCUT2D eigenvalue weighted by atomic mass is 10.4. The van der Waals surface area contributed by atoms with Gasteiger partial charge < -0.3 is 5.43 Å². The van der Waals surface area contributed by atoms with Crippen LogP contribution in [0.25, 0.3) is 0 Å². The lowest BCUT2D eigenvalue weighted by molar-refractivity contribution is 0.409. The molecule has 0 amide bonds. The number of nitrogens with zero attached hydrogens (tertiary/aromatic N) is 2. The Bertz CT molecular complexity index is 326. The molecule has 1 aromatic rings. The molecule has 1 N–H and O–H groups in total. The normalized spacial score (nSPS) is 17.3. The van der Waals surface area contributed by atoms with Crippen molar-refractivity contribution in [2.75, 3.05) is 18.5 Å². The van der Waals surface area contributed by atoms with Crippen LogP contribution in [0.1, 0.15) is 12.8 Å². The Kier molecular flexibility index (Phi) is 2.98. The first-order valence-corrected chi connectivity index (χ1v) is 5.37. The summed E-state index contributed by atoms with van der Waals surface area (Å²) >= 11 is 3.01. The maximum absolute atomic E-state index is 13.1. The molecule has 5 heteroatoms. The van der Waals surface area contributed by atoms with Crippen LogP contribution in [0.5, 0.6) is 0 Å². The number of halogens is 2. The van der Waals surface area contributed by atoms with Crippen LogP contribution in [0, 0.1) is 5.82 Å². The van der Waals surface area contributed by atoms with E-state index in [4.69, 9.17) is 0 Å². The first-order chi connectivity index (χ1) is 6.75. The molecule has 76 valence electrons. The number of hydrogen-bond donors (Lipinski definition) is 1. The van der Waals surface area contributed by atoms with Crippen molar-refractivity contribution in [3.05, 3.63) is 22.7 Å². The first kappa shape index (κ1) is 9.86. The molecule has 0 spiro atoms. The van der Waals surface area contributed by atoms with E-state index in [9.17, 15) is 4.39 Å². The van der Waals surface area contributed by atoms with Gasteiger partial charge in [0, 0.05) is 19.2 Å². The fraction of sp³-hybridized carbons (Fsp3) is 0.444. The van der Waals surface area contributed by atoms with E-state index >= 15 is 0 Å². The number of hydrazine groups is 1. The van der Waals surface area contributed by atoms with Gasteiger partial charge in [-0.2, -0.15) is 0 Å².